The molecule has 6 nitrogen and oxygen atoms in total. The van der Waals surface area contributed by atoms with Gasteiger partial charge in [0.1, 0.15) is 0 Å². The van der Waals surface area contributed by atoms with Gasteiger partial charge in [-0.3, -0.25) is 4.79 Å². The van der Waals surface area contributed by atoms with Gasteiger partial charge >= 0.3 is 5.69 Å². The Hall–Kier alpha value is -3.67. The van der Waals surface area contributed by atoms with Gasteiger partial charge in [0.05, 0.1) is 11.6 Å². The summed E-state index contributed by atoms with van der Waals surface area (Å²) in [6, 6.07) is 19.1. The molecule has 2 aromatic heterocycles. The zero-order chi connectivity index (χ0) is 19.7. The van der Waals surface area contributed by atoms with Crippen LogP contribution in [0.15, 0.2) is 71.7 Å². The fraction of sp³-hybridized carbons (Fsp3) is 0.136. The van der Waals surface area contributed by atoms with Crippen LogP contribution < -0.4 is 11.0 Å². The number of aryl methyl sites for hydroxylation is 2. The predicted octanol–water partition coefficient (Wildman–Crippen LogP) is 3.16. The number of fused-ring (bicyclic) bond motifs is 1. The number of hydrogen-bond acceptors (Lipinski definition) is 3. The first-order chi connectivity index (χ1) is 13.5. The summed E-state index contributed by atoms with van der Waals surface area (Å²) in [4.78, 5) is 24.9. The van der Waals surface area contributed by atoms with E-state index in [1.54, 1.807) is 18.3 Å². The molecule has 2 heterocycles. The van der Waals surface area contributed by atoms with Gasteiger partial charge in [0.15, 0.2) is 5.65 Å². The quantitative estimate of drug-likeness (QED) is 0.577. The Balaban J connectivity index is 1.77. The van der Waals surface area contributed by atoms with E-state index < -0.39 is 0 Å². The van der Waals surface area contributed by atoms with Gasteiger partial charge in [0.25, 0.3) is 5.91 Å². The van der Waals surface area contributed by atoms with E-state index in [1.165, 1.54) is 4.40 Å². The lowest BCUT2D eigenvalue weighted by molar-refractivity contribution is 0.0944. The van der Waals surface area contributed by atoms with Crippen LogP contribution in [0.2, 0.25) is 0 Å². The lowest BCUT2D eigenvalue weighted by Gasteiger charge is -2.21. The number of nitrogens with one attached hydrogen (secondary N) is 2. The fourth-order valence-electron chi connectivity index (χ4n) is 3.38. The third kappa shape index (κ3) is 3.32. The average molecular weight is 372 g/mol. The molecule has 2 N–H and O–H groups in total. The minimum absolute atomic E-state index is 0.294. The molecule has 0 fully saturated rings. The number of hydrogen-bond donors (Lipinski definition) is 2. The Morgan fingerprint density at radius 3 is 2.25 bits per heavy atom. The number of amides is 1. The van der Waals surface area contributed by atoms with E-state index in [0.29, 0.717) is 11.2 Å². The molecule has 0 aliphatic carbocycles. The van der Waals surface area contributed by atoms with Crippen LogP contribution in [0.3, 0.4) is 0 Å². The van der Waals surface area contributed by atoms with Gasteiger partial charge in [0, 0.05) is 6.20 Å². The number of rotatable bonds is 4. The van der Waals surface area contributed by atoms with Crippen LogP contribution in [0.1, 0.15) is 38.7 Å². The third-order valence-electron chi connectivity index (χ3n) is 4.71. The van der Waals surface area contributed by atoms with Crippen molar-refractivity contribution < 1.29 is 4.79 Å². The van der Waals surface area contributed by atoms with Gasteiger partial charge in [-0.05, 0) is 37.1 Å². The number of carbonyl (C=O) groups excluding carboxylic acids is 1. The standard InChI is InChI=1S/C22H20N4O2/c1-14-6-3-8-16(12-14)19(17-9-4-7-15(2)13-17)23-21(27)18-10-5-11-26-20(18)24-25-22(26)28/h3-13,19H,1-2H3,(H,23,27)(H,25,28). The van der Waals surface area contributed by atoms with Gasteiger partial charge in [-0.1, -0.05) is 59.7 Å². The minimum atomic E-state index is -0.376. The van der Waals surface area contributed by atoms with Crippen molar-refractivity contribution in [2.75, 3.05) is 0 Å². The second-order valence-electron chi connectivity index (χ2n) is 6.88. The number of benzene rings is 2. The molecule has 2 aromatic carbocycles. The maximum absolute atomic E-state index is 13.1. The number of H-pyrrole nitrogens is 1. The van der Waals surface area contributed by atoms with Crippen LogP contribution >= 0.6 is 0 Å². The Kier molecular flexibility index (Phi) is 4.53. The first-order valence-electron chi connectivity index (χ1n) is 9.02. The predicted molar refractivity (Wildman–Crippen MR) is 107 cm³/mol. The molecule has 0 atom stereocenters. The Morgan fingerprint density at radius 1 is 1.00 bits per heavy atom. The first-order valence-corrected chi connectivity index (χ1v) is 9.02. The van der Waals surface area contributed by atoms with Crippen molar-refractivity contribution >= 4 is 11.6 Å². The molecular weight excluding hydrogens is 352 g/mol. The largest absolute Gasteiger partial charge is 0.347 e. The average Bonchev–Trinajstić information content (AvgIpc) is 3.07. The molecule has 28 heavy (non-hydrogen) atoms. The minimum Gasteiger partial charge on any atom is -0.341 e. The van der Waals surface area contributed by atoms with Crippen LogP contribution in [0, 0.1) is 13.8 Å². The highest BCUT2D eigenvalue weighted by Crippen LogP contribution is 2.24. The van der Waals surface area contributed by atoms with Crippen molar-refractivity contribution in [3.8, 4) is 0 Å². The summed E-state index contributed by atoms with van der Waals surface area (Å²) < 4.78 is 1.32. The van der Waals surface area contributed by atoms with Crippen LogP contribution in [-0.4, -0.2) is 20.5 Å². The van der Waals surface area contributed by atoms with E-state index in [2.05, 4.69) is 27.6 Å². The Morgan fingerprint density at radius 2 is 1.64 bits per heavy atom. The van der Waals surface area contributed by atoms with Crippen LogP contribution in [0.4, 0.5) is 0 Å². The number of nitrogens with zero attached hydrogens (tertiary/aromatic N) is 2. The Bertz CT molecular complexity index is 1180. The summed E-state index contributed by atoms with van der Waals surface area (Å²) in [6.07, 6.45) is 1.58. The molecule has 0 unspecified atom stereocenters. The van der Waals surface area contributed by atoms with Crippen molar-refractivity contribution in [3.05, 3.63) is 105 Å². The SMILES string of the molecule is Cc1cccc(C(NC(=O)c2cccn3c(=O)[nH]nc23)c2cccc(C)c2)c1. The van der Waals surface area contributed by atoms with Crippen LogP contribution in [-0.2, 0) is 0 Å². The van der Waals surface area contributed by atoms with Crippen molar-refractivity contribution in [2.45, 2.75) is 19.9 Å². The highest BCUT2D eigenvalue weighted by Gasteiger charge is 2.20. The Labute approximate surface area is 161 Å². The summed E-state index contributed by atoms with van der Waals surface area (Å²) in [7, 11) is 0. The summed E-state index contributed by atoms with van der Waals surface area (Å²) >= 11 is 0. The number of aromatic nitrogens is 3. The van der Waals surface area contributed by atoms with Gasteiger partial charge in [0.2, 0.25) is 0 Å². The lowest BCUT2D eigenvalue weighted by atomic mass is 9.96. The fourth-order valence-corrected chi connectivity index (χ4v) is 3.38. The topological polar surface area (TPSA) is 79.3 Å². The molecule has 0 spiro atoms. The smallest absolute Gasteiger partial charge is 0.341 e. The second kappa shape index (κ2) is 7.15. The van der Waals surface area contributed by atoms with Crippen molar-refractivity contribution in [2.24, 2.45) is 0 Å². The zero-order valence-corrected chi connectivity index (χ0v) is 15.6. The summed E-state index contributed by atoms with van der Waals surface area (Å²) in [5, 5.41) is 9.48. The molecule has 0 aliphatic rings. The summed E-state index contributed by atoms with van der Waals surface area (Å²) in [5.74, 6) is -0.294. The summed E-state index contributed by atoms with van der Waals surface area (Å²) in [5.41, 5.74) is 4.48. The molecule has 0 aliphatic heterocycles. The van der Waals surface area contributed by atoms with Crippen molar-refractivity contribution in [1.82, 2.24) is 19.9 Å². The molecule has 4 aromatic rings. The maximum Gasteiger partial charge on any atom is 0.347 e. The third-order valence-corrected chi connectivity index (χ3v) is 4.71. The highest BCUT2D eigenvalue weighted by atomic mass is 16.2. The van der Waals surface area contributed by atoms with E-state index in [9.17, 15) is 9.59 Å². The molecule has 6 heteroatoms. The molecule has 0 saturated heterocycles. The van der Waals surface area contributed by atoms with Gasteiger partial charge < -0.3 is 5.32 Å². The van der Waals surface area contributed by atoms with E-state index in [4.69, 9.17) is 0 Å². The maximum atomic E-state index is 13.1. The molecular formula is C22H20N4O2. The number of pyridine rings is 1. The number of aromatic amines is 1. The van der Waals surface area contributed by atoms with E-state index in [1.807, 2.05) is 50.2 Å². The second-order valence-corrected chi connectivity index (χ2v) is 6.88. The normalized spacial score (nSPS) is 11.1. The molecule has 0 radical (unpaired) electrons. The molecule has 0 saturated carbocycles. The van der Waals surface area contributed by atoms with E-state index in [-0.39, 0.29) is 17.6 Å². The zero-order valence-electron chi connectivity index (χ0n) is 15.6. The molecule has 0 bridgehead atoms. The van der Waals surface area contributed by atoms with E-state index >= 15 is 0 Å². The van der Waals surface area contributed by atoms with Gasteiger partial charge in [-0.15, -0.1) is 0 Å². The molecule has 1 amide bonds. The number of carbonyl (C=O) groups is 1. The molecule has 140 valence electrons. The summed E-state index contributed by atoms with van der Waals surface area (Å²) in [6.45, 7) is 4.05. The lowest BCUT2D eigenvalue weighted by Crippen LogP contribution is -2.30. The van der Waals surface area contributed by atoms with E-state index in [0.717, 1.165) is 22.3 Å². The van der Waals surface area contributed by atoms with Crippen LogP contribution in [0.25, 0.3) is 5.65 Å². The van der Waals surface area contributed by atoms with Crippen LogP contribution in [0.5, 0.6) is 0 Å². The monoisotopic (exact) mass is 372 g/mol. The van der Waals surface area contributed by atoms with Gasteiger partial charge in [-0.25, -0.2) is 14.3 Å². The highest BCUT2D eigenvalue weighted by molar-refractivity contribution is 6.00. The van der Waals surface area contributed by atoms with Gasteiger partial charge in [-0.2, -0.15) is 5.10 Å². The van der Waals surface area contributed by atoms with Crippen molar-refractivity contribution in [3.63, 3.8) is 0 Å². The molecule has 4 rings (SSSR count). The van der Waals surface area contributed by atoms with Crippen molar-refractivity contribution in [1.29, 1.82) is 0 Å². The first kappa shape index (κ1) is 17.7.